The lowest BCUT2D eigenvalue weighted by atomic mass is 9.98. The second-order valence-corrected chi connectivity index (χ2v) is 2.59. The SMILES string of the molecule is CCC(C=N)c1ccccc1. The molecule has 0 amide bonds. The van der Waals surface area contributed by atoms with Gasteiger partial charge in [-0.05, 0) is 12.0 Å². The molecule has 1 N–H and O–H groups in total. The van der Waals surface area contributed by atoms with Crippen LogP contribution in [0.4, 0.5) is 0 Å². The molecule has 1 unspecified atom stereocenters. The molecule has 11 heavy (non-hydrogen) atoms. The van der Waals surface area contributed by atoms with Gasteiger partial charge in [0.25, 0.3) is 0 Å². The Morgan fingerprint density at radius 3 is 2.45 bits per heavy atom. The molecule has 1 heteroatoms. The van der Waals surface area contributed by atoms with E-state index in [0.717, 1.165) is 6.42 Å². The van der Waals surface area contributed by atoms with Gasteiger partial charge in [-0.2, -0.15) is 0 Å². The van der Waals surface area contributed by atoms with Crippen molar-refractivity contribution in [3.05, 3.63) is 35.9 Å². The van der Waals surface area contributed by atoms with Gasteiger partial charge in [0.15, 0.2) is 0 Å². The van der Waals surface area contributed by atoms with Crippen LogP contribution in [0.5, 0.6) is 0 Å². The van der Waals surface area contributed by atoms with Gasteiger partial charge in [-0.1, -0.05) is 37.3 Å². The molecule has 0 saturated heterocycles. The van der Waals surface area contributed by atoms with Crippen molar-refractivity contribution in [2.75, 3.05) is 0 Å². The Kier molecular flexibility index (Phi) is 2.84. The molecular formula is C10H13N. The van der Waals surface area contributed by atoms with Crippen LogP contribution in [-0.4, -0.2) is 6.21 Å². The van der Waals surface area contributed by atoms with E-state index in [1.807, 2.05) is 18.2 Å². The van der Waals surface area contributed by atoms with Crippen LogP contribution in [0.15, 0.2) is 30.3 Å². The van der Waals surface area contributed by atoms with Crippen LogP contribution in [0.1, 0.15) is 24.8 Å². The summed E-state index contributed by atoms with van der Waals surface area (Å²) in [6.07, 6.45) is 2.52. The van der Waals surface area contributed by atoms with Crippen LogP contribution >= 0.6 is 0 Å². The Morgan fingerprint density at radius 2 is 2.00 bits per heavy atom. The van der Waals surface area contributed by atoms with Gasteiger partial charge in [-0.15, -0.1) is 0 Å². The van der Waals surface area contributed by atoms with Crippen molar-refractivity contribution in [1.82, 2.24) is 0 Å². The van der Waals surface area contributed by atoms with E-state index in [9.17, 15) is 0 Å². The Bertz CT molecular complexity index is 216. The topological polar surface area (TPSA) is 23.9 Å². The van der Waals surface area contributed by atoms with E-state index in [1.165, 1.54) is 11.8 Å². The maximum atomic E-state index is 7.17. The third-order valence-electron chi connectivity index (χ3n) is 1.87. The van der Waals surface area contributed by atoms with Crippen molar-refractivity contribution in [2.24, 2.45) is 0 Å². The Balaban J connectivity index is 2.82. The molecule has 1 aromatic carbocycles. The number of benzene rings is 1. The smallest absolute Gasteiger partial charge is 0.0183 e. The fourth-order valence-corrected chi connectivity index (χ4v) is 1.15. The summed E-state index contributed by atoms with van der Waals surface area (Å²) in [5.74, 6) is 0.302. The number of hydrogen-bond donors (Lipinski definition) is 1. The molecule has 0 aromatic heterocycles. The third-order valence-corrected chi connectivity index (χ3v) is 1.87. The lowest BCUT2D eigenvalue weighted by molar-refractivity contribution is 0.855. The summed E-state index contributed by atoms with van der Waals surface area (Å²) in [4.78, 5) is 0. The minimum absolute atomic E-state index is 0.302. The highest BCUT2D eigenvalue weighted by Crippen LogP contribution is 2.15. The first-order valence-corrected chi connectivity index (χ1v) is 3.94. The van der Waals surface area contributed by atoms with Crippen molar-refractivity contribution in [3.8, 4) is 0 Å². The average molecular weight is 147 g/mol. The fraction of sp³-hybridized carbons (Fsp3) is 0.300. The highest BCUT2D eigenvalue weighted by Gasteiger charge is 2.02. The molecule has 0 bridgehead atoms. The monoisotopic (exact) mass is 147 g/mol. The minimum Gasteiger partial charge on any atom is -0.312 e. The Labute approximate surface area is 67.6 Å². The summed E-state index contributed by atoms with van der Waals surface area (Å²) >= 11 is 0. The normalized spacial score (nSPS) is 12.5. The molecule has 1 aromatic rings. The molecule has 0 saturated carbocycles. The van der Waals surface area contributed by atoms with Gasteiger partial charge in [-0.3, -0.25) is 0 Å². The van der Waals surface area contributed by atoms with Gasteiger partial charge in [0.2, 0.25) is 0 Å². The third kappa shape index (κ3) is 1.90. The van der Waals surface area contributed by atoms with Gasteiger partial charge < -0.3 is 5.41 Å². The van der Waals surface area contributed by atoms with Crippen LogP contribution in [0.25, 0.3) is 0 Å². The molecule has 0 heterocycles. The van der Waals surface area contributed by atoms with E-state index in [0.29, 0.717) is 5.92 Å². The van der Waals surface area contributed by atoms with Gasteiger partial charge in [0, 0.05) is 12.1 Å². The molecule has 0 aliphatic rings. The minimum atomic E-state index is 0.302. The van der Waals surface area contributed by atoms with Gasteiger partial charge >= 0.3 is 0 Å². The highest BCUT2D eigenvalue weighted by molar-refractivity contribution is 5.64. The summed E-state index contributed by atoms with van der Waals surface area (Å²) in [5.41, 5.74) is 1.24. The Hall–Kier alpha value is -1.11. The molecule has 0 aliphatic carbocycles. The first-order valence-electron chi connectivity index (χ1n) is 3.94. The van der Waals surface area contributed by atoms with Gasteiger partial charge in [0.05, 0.1) is 0 Å². The molecule has 0 spiro atoms. The van der Waals surface area contributed by atoms with E-state index >= 15 is 0 Å². The van der Waals surface area contributed by atoms with Crippen LogP contribution in [0.3, 0.4) is 0 Å². The van der Waals surface area contributed by atoms with E-state index in [1.54, 1.807) is 0 Å². The van der Waals surface area contributed by atoms with Crippen molar-refractivity contribution in [1.29, 1.82) is 5.41 Å². The number of rotatable bonds is 3. The van der Waals surface area contributed by atoms with Crippen LogP contribution in [0.2, 0.25) is 0 Å². The van der Waals surface area contributed by atoms with Gasteiger partial charge in [0.1, 0.15) is 0 Å². The molecule has 1 atom stereocenters. The average Bonchev–Trinajstić information content (AvgIpc) is 2.09. The molecule has 0 radical (unpaired) electrons. The van der Waals surface area contributed by atoms with Gasteiger partial charge in [-0.25, -0.2) is 0 Å². The van der Waals surface area contributed by atoms with Crippen molar-refractivity contribution >= 4 is 6.21 Å². The predicted molar refractivity (Wildman–Crippen MR) is 48.3 cm³/mol. The van der Waals surface area contributed by atoms with Crippen LogP contribution in [-0.2, 0) is 0 Å². The zero-order chi connectivity index (χ0) is 8.10. The predicted octanol–water partition coefficient (Wildman–Crippen LogP) is 2.83. The maximum Gasteiger partial charge on any atom is 0.0183 e. The van der Waals surface area contributed by atoms with Crippen LogP contribution in [0, 0.1) is 5.41 Å². The fourth-order valence-electron chi connectivity index (χ4n) is 1.15. The lowest BCUT2D eigenvalue weighted by Crippen LogP contribution is -1.96. The summed E-state index contributed by atoms with van der Waals surface area (Å²) in [5, 5.41) is 7.17. The van der Waals surface area contributed by atoms with Crippen LogP contribution < -0.4 is 0 Å². The Morgan fingerprint density at radius 1 is 1.36 bits per heavy atom. The molecule has 58 valence electrons. The van der Waals surface area contributed by atoms with E-state index < -0.39 is 0 Å². The standard InChI is InChI=1S/C10H13N/c1-2-9(8-11)10-6-4-3-5-7-10/h3-9,11H,2H2,1H3. The molecule has 0 fully saturated rings. The second-order valence-electron chi connectivity index (χ2n) is 2.59. The quantitative estimate of drug-likeness (QED) is 0.636. The summed E-state index contributed by atoms with van der Waals surface area (Å²) in [6.45, 7) is 2.10. The first-order chi connectivity index (χ1) is 5.38. The number of hydrogen-bond acceptors (Lipinski definition) is 1. The molecule has 1 rings (SSSR count). The van der Waals surface area contributed by atoms with E-state index in [4.69, 9.17) is 5.41 Å². The lowest BCUT2D eigenvalue weighted by Gasteiger charge is -2.07. The summed E-state index contributed by atoms with van der Waals surface area (Å²) in [7, 11) is 0. The van der Waals surface area contributed by atoms with E-state index in [2.05, 4.69) is 19.1 Å². The first kappa shape index (κ1) is 7.99. The van der Waals surface area contributed by atoms with Crippen molar-refractivity contribution in [3.63, 3.8) is 0 Å². The zero-order valence-electron chi connectivity index (χ0n) is 6.75. The zero-order valence-corrected chi connectivity index (χ0v) is 6.75. The summed E-state index contributed by atoms with van der Waals surface area (Å²) in [6, 6.07) is 10.2. The number of nitrogens with one attached hydrogen (secondary N) is 1. The second kappa shape index (κ2) is 3.91. The largest absolute Gasteiger partial charge is 0.312 e. The van der Waals surface area contributed by atoms with Crippen molar-refractivity contribution < 1.29 is 0 Å². The summed E-state index contributed by atoms with van der Waals surface area (Å²) < 4.78 is 0. The van der Waals surface area contributed by atoms with E-state index in [-0.39, 0.29) is 0 Å². The molecule has 1 nitrogen and oxygen atoms in total. The molecule has 0 aliphatic heterocycles. The molecular weight excluding hydrogens is 134 g/mol. The maximum absolute atomic E-state index is 7.17. The van der Waals surface area contributed by atoms with Crippen molar-refractivity contribution in [2.45, 2.75) is 19.3 Å². The highest BCUT2D eigenvalue weighted by atomic mass is 14.3.